The molecule has 1 aliphatic heterocycles. The molecule has 4 rings (SSSR count). The molecule has 0 spiro atoms. The Morgan fingerprint density at radius 1 is 1.08 bits per heavy atom. The van der Waals surface area contributed by atoms with Gasteiger partial charge in [-0.25, -0.2) is 0 Å². The first kappa shape index (κ1) is 15.1. The lowest BCUT2D eigenvalue weighted by atomic mass is 10.0. The zero-order chi connectivity index (χ0) is 16.2. The van der Waals surface area contributed by atoms with Crippen molar-refractivity contribution in [3.63, 3.8) is 0 Å². The fraction of sp³-hybridized carbons (Fsp3) is 0.250. The molecule has 1 aromatic heterocycles. The summed E-state index contributed by atoms with van der Waals surface area (Å²) >= 11 is 0. The monoisotopic (exact) mass is 320 g/mol. The Hall–Kier alpha value is -2.43. The van der Waals surface area contributed by atoms with E-state index in [1.807, 2.05) is 42.5 Å². The molecule has 24 heavy (non-hydrogen) atoms. The maximum Gasteiger partial charge on any atom is 0.151 e. The van der Waals surface area contributed by atoms with E-state index in [1.54, 1.807) is 6.20 Å². The highest BCUT2D eigenvalue weighted by Gasteiger charge is 2.27. The Kier molecular flexibility index (Phi) is 4.40. The summed E-state index contributed by atoms with van der Waals surface area (Å²) in [5.41, 5.74) is 2.05. The molecule has 1 saturated heterocycles. The molecule has 0 radical (unpaired) electrons. The van der Waals surface area contributed by atoms with Gasteiger partial charge < -0.3 is 14.8 Å². The molecule has 0 aliphatic carbocycles. The van der Waals surface area contributed by atoms with E-state index >= 15 is 0 Å². The van der Waals surface area contributed by atoms with E-state index < -0.39 is 0 Å². The van der Waals surface area contributed by atoms with Gasteiger partial charge in [0.1, 0.15) is 11.9 Å². The molecule has 0 amide bonds. The van der Waals surface area contributed by atoms with Gasteiger partial charge in [-0.15, -0.1) is 0 Å². The van der Waals surface area contributed by atoms with Gasteiger partial charge in [0.05, 0.1) is 12.1 Å². The second-order valence-electron chi connectivity index (χ2n) is 5.92. The molecular weight excluding hydrogens is 300 g/mol. The van der Waals surface area contributed by atoms with Crippen molar-refractivity contribution in [3.05, 3.63) is 72.4 Å². The molecule has 1 fully saturated rings. The lowest BCUT2D eigenvalue weighted by Crippen LogP contribution is -2.43. The Morgan fingerprint density at radius 2 is 2.00 bits per heavy atom. The van der Waals surface area contributed by atoms with Gasteiger partial charge in [0, 0.05) is 30.7 Å². The van der Waals surface area contributed by atoms with Crippen molar-refractivity contribution >= 4 is 10.9 Å². The van der Waals surface area contributed by atoms with Crippen molar-refractivity contribution in [2.45, 2.75) is 12.2 Å². The minimum absolute atomic E-state index is 0.0134. The summed E-state index contributed by atoms with van der Waals surface area (Å²) in [6.45, 7) is 2.37. The van der Waals surface area contributed by atoms with Gasteiger partial charge in [-0.2, -0.15) is 0 Å². The molecule has 2 heterocycles. The largest absolute Gasteiger partial charge is 0.483 e. The molecule has 4 nitrogen and oxygen atoms in total. The summed E-state index contributed by atoms with van der Waals surface area (Å²) in [4.78, 5) is 4.41. The summed E-state index contributed by atoms with van der Waals surface area (Å²) in [5.74, 6) is 0.809. The zero-order valence-electron chi connectivity index (χ0n) is 13.4. The number of hydrogen-bond acceptors (Lipinski definition) is 4. The maximum absolute atomic E-state index is 6.34. The highest BCUT2D eigenvalue weighted by Crippen LogP contribution is 2.29. The van der Waals surface area contributed by atoms with Gasteiger partial charge in [-0.1, -0.05) is 36.4 Å². The average Bonchev–Trinajstić information content (AvgIpc) is 2.67. The number of nitrogens with one attached hydrogen (secondary N) is 1. The quantitative estimate of drug-likeness (QED) is 0.801. The van der Waals surface area contributed by atoms with E-state index in [0.29, 0.717) is 6.61 Å². The lowest BCUT2D eigenvalue weighted by molar-refractivity contribution is -0.0432. The van der Waals surface area contributed by atoms with Crippen LogP contribution in [0.1, 0.15) is 11.7 Å². The van der Waals surface area contributed by atoms with Gasteiger partial charge in [0.25, 0.3) is 0 Å². The standard InChI is InChI=1S/C20H20N2O2/c1-2-5-16(6-3-1)20(19-14-21-11-12-23-19)24-17-9-8-15-7-4-10-22-18(15)13-17/h1-10,13,19-21H,11-12,14H2. The number of morpholine rings is 1. The van der Waals surface area contributed by atoms with Crippen molar-refractivity contribution in [2.75, 3.05) is 19.7 Å². The van der Waals surface area contributed by atoms with E-state index in [2.05, 4.69) is 28.5 Å². The van der Waals surface area contributed by atoms with Gasteiger partial charge >= 0.3 is 0 Å². The van der Waals surface area contributed by atoms with Gasteiger partial charge in [0.2, 0.25) is 0 Å². The lowest BCUT2D eigenvalue weighted by Gasteiger charge is -2.31. The molecule has 3 aromatic rings. The summed E-state index contributed by atoms with van der Waals surface area (Å²) in [6.07, 6.45) is 1.63. The zero-order valence-corrected chi connectivity index (χ0v) is 13.4. The average molecular weight is 320 g/mol. The van der Waals surface area contributed by atoms with Gasteiger partial charge in [-0.05, 0) is 23.8 Å². The second-order valence-corrected chi connectivity index (χ2v) is 5.92. The fourth-order valence-corrected chi connectivity index (χ4v) is 3.05. The molecule has 2 aromatic carbocycles. The van der Waals surface area contributed by atoms with Crippen LogP contribution in [-0.4, -0.2) is 30.8 Å². The van der Waals surface area contributed by atoms with Crippen LogP contribution in [0.4, 0.5) is 0 Å². The van der Waals surface area contributed by atoms with E-state index in [1.165, 1.54) is 0 Å². The SMILES string of the molecule is c1ccc(C(Oc2ccc3cccnc3c2)C2CNCCO2)cc1. The van der Waals surface area contributed by atoms with Crippen molar-refractivity contribution < 1.29 is 9.47 Å². The Balaban J connectivity index is 1.64. The molecule has 0 bridgehead atoms. The molecule has 122 valence electrons. The number of pyridine rings is 1. The molecule has 2 unspecified atom stereocenters. The Labute approximate surface area is 141 Å². The van der Waals surface area contributed by atoms with Crippen LogP contribution in [0.2, 0.25) is 0 Å². The van der Waals surface area contributed by atoms with Crippen LogP contribution in [0.25, 0.3) is 10.9 Å². The normalized spacial score (nSPS) is 19.1. The van der Waals surface area contributed by atoms with Crippen molar-refractivity contribution in [1.82, 2.24) is 10.3 Å². The van der Waals surface area contributed by atoms with Crippen LogP contribution in [0.5, 0.6) is 5.75 Å². The van der Waals surface area contributed by atoms with E-state index in [0.717, 1.165) is 35.3 Å². The first-order valence-electron chi connectivity index (χ1n) is 8.29. The summed E-state index contributed by atoms with van der Waals surface area (Å²) in [5, 5.41) is 4.49. The van der Waals surface area contributed by atoms with E-state index in [9.17, 15) is 0 Å². The second kappa shape index (κ2) is 6.99. The summed E-state index contributed by atoms with van der Waals surface area (Å²) in [6, 6.07) is 20.3. The first-order chi connectivity index (χ1) is 11.9. The Bertz CT molecular complexity index is 801. The van der Waals surface area contributed by atoms with Crippen molar-refractivity contribution in [1.29, 1.82) is 0 Å². The highest BCUT2D eigenvalue weighted by atomic mass is 16.5. The van der Waals surface area contributed by atoms with Crippen molar-refractivity contribution in [2.24, 2.45) is 0 Å². The van der Waals surface area contributed by atoms with Crippen LogP contribution in [-0.2, 0) is 4.74 Å². The van der Waals surface area contributed by atoms with Crippen molar-refractivity contribution in [3.8, 4) is 5.75 Å². The minimum atomic E-state index is -0.153. The predicted octanol–water partition coefficient (Wildman–Crippen LogP) is 3.34. The topological polar surface area (TPSA) is 43.4 Å². The fourth-order valence-electron chi connectivity index (χ4n) is 3.05. The summed E-state index contributed by atoms with van der Waals surface area (Å²) < 4.78 is 12.3. The van der Waals surface area contributed by atoms with E-state index in [4.69, 9.17) is 9.47 Å². The molecule has 4 heteroatoms. The number of hydrogen-bond donors (Lipinski definition) is 1. The molecule has 1 aliphatic rings. The number of ether oxygens (including phenoxy) is 2. The minimum Gasteiger partial charge on any atom is -0.483 e. The summed E-state index contributed by atoms with van der Waals surface area (Å²) in [7, 11) is 0. The third-order valence-corrected chi connectivity index (χ3v) is 4.26. The number of nitrogens with zero attached hydrogens (tertiary/aromatic N) is 1. The van der Waals surface area contributed by atoms with Crippen LogP contribution >= 0.6 is 0 Å². The number of aromatic nitrogens is 1. The maximum atomic E-state index is 6.34. The molecular formula is C20H20N2O2. The smallest absolute Gasteiger partial charge is 0.151 e. The van der Waals surface area contributed by atoms with E-state index in [-0.39, 0.29) is 12.2 Å². The van der Waals surface area contributed by atoms with Gasteiger partial charge in [-0.3, -0.25) is 4.98 Å². The first-order valence-corrected chi connectivity index (χ1v) is 8.29. The van der Waals surface area contributed by atoms with Gasteiger partial charge in [0.15, 0.2) is 6.10 Å². The Morgan fingerprint density at radius 3 is 2.83 bits per heavy atom. The third kappa shape index (κ3) is 3.25. The molecule has 2 atom stereocenters. The predicted molar refractivity (Wildman–Crippen MR) is 94.2 cm³/mol. The van der Waals surface area contributed by atoms with Crippen LogP contribution < -0.4 is 10.1 Å². The molecule has 1 N–H and O–H groups in total. The highest BCUT2D eigenvalue weighted by molar-refractivity contribution is 5.79. The number of benzene rings is 2. The number of fused-ring (bicyclic) bond motifs is 1. The number of rotatable bonds is 4. The van der Waals surface area contributed by atoms with Crippen LogP contribution in [0, 0.1) is 0 Å². The molecule has 0 saturated carbocycles. The van der Waals surface area contributed by atoms with Crippen LogP contribution in [0.3, 0.4) is 0 Å². The van der Waals surface area contributed by atoms with Crippen LogP contribution in [0.15, 0.2) is 66.9 Å². The third-order valence-electron chi connectivity index (χ3n) is 4.26.